The number of esters is 1. The average Bonchev–Trinajstić information content (AvgIpc) is 2.94. The van der Waals surface area contributed by atoms with Crippen LogP contribution in [0.1, 0.15) is 48.5 Å². The van der Waals surface area contributed by atoms with Crippen LogP contribution in [0.15, 0.2) is 0 Å². The summed E-state index contributed by atoms with van der Waals surface area (Å²) >= 11 is 0. The average molecular weight is 284 g/mol. The van der Waals surface area contributed by atoms with Crippen molar-refractivity contribution in [1.29, 1.82) is 0 Å². The highest BCUT2D eigenvalue weighted by Gasteiger charge is 2.77. The van der Waals surface area contributed by atoms with Crippen LogP contribution in [0.25, 0.3) is 0 Å². The molecule has 0 spiro atoms. The molecule has 2 fully saturated rings. The lowest BCUT2D eigenvalue weighted by molar-refractivity contribution is -0.178. The smallest absolute Gasteiger partial charge is 0.315 e. The van der Waals surface area contributed by atoms with E-state index in [1.165, 1.54) is 0 Å². The summed E-state index contributed by atoms with van der Waals surface area (Å²) in [6.07, 6.45) is -1.87. The molecule has 116 valence electrons. The maximum Gasteiger partial charge on any atom is 0.315 e. The van der Waals surface area contributed by atoms with E-state index in [1.54, 1.807) is 6.92 Å². The molecule has 6 atom stereocenters. The van der Waals surface area contributed by atoms with E-state index >= 15 is 0 Å². The van der Waals surface area contributed by atoms with Crippen molar-refractivity contribution in [3.63, 3.8) is 0 Å². The fourth-order valence-corrected chi connectivity index (χ4v) is 4.06. The SMILES string of the molecule is CC(C)(C)OC(=O)[C@@]1(C)[C@H]2[C@@H]([C@@H](O)[C@H]1O)[C@@H]2C(C)(C)C. The highest BCUT2D eigenvalue weighted by molar-refractivity contribution is 5.80. The topological polar surface area (TPSA) is 66.8 Å². The maximum atomic E-state index is 12.6. The van der Waals surface area contributed by atoms with Crippen molar-refractivity contribution in [2.45, 2.75) is 66.3 Å². The van der Waals surface area contributed by atoms with Gasteiger partial charge in [-0.15, -0.1) is 0 Å². The van der Waals surface area contributed by atoms with E-state index in [-0.39, 0.29) is 23.2 Å². The van der Waals surface area contributed by atoms with Gasteiger partial charge in [0.15, 0.2) is 0 Å². The first-order valence-electron chi connectivity index (χ1n) is 7.41. The van der Waals surface area contributed by atoms with Crippen molar-refractivity contribution in [2.75, 3.05) is 0 Å². The van der Waals surface area contributed by atoms with Gasteiger partial charge in [0.2, 0.25) is 0 Å². The molecular weight excluding hydrogens is 256 g/mol. The summed E-state index contributed by atoms with van der Waals surface area (Å²) < 4.78 is 5.49. The molecule has 0 unspecified atom stereocenters. The Labute approximate surface area is 121 Å². The zero-order valence-electron chi connectivity index (χ0n) is 13.6. The molecule has 0 amide bonds. The molecule has 0 bridgehead atoms. The Morgan fingerprint density at radius 2 is 1.60 bits per heavy atom. The van der Waals surface area contributed by atoms with Crippen LogP contribution in [0.3, 0.4) is 0 Å². The van der Waals surface area contributed by atoms with E-state index in [0.717, 1.165) is 0 Å². The second-order valence-electron chi connectivity index (χ2n) is 8.71. The van der Waals surface area contributed by atoms with Crippen molar-refractivity contribution in [1.82, 2.24) is 0 Å². The molecule has 2 aliphatic rings. The van der Waals surface area contributed by atoms with Crippen LogP contribution < -0.4 is 0 Å². The third kappa shape index (κ3) is 2.17. The fourth-order valence-electron chi connectivity index (χ4n) is 4.06. The molecule has 0 heterocycles. The zero-order valence-corrected chi connectivity index (χ0v) is 13.6. The molecule has 0 saturated heterocycles. The largest absolute Gasteiger partial charge is 0.459 e. The first kappa shape index (κ1) is 15.8. The molecule has 2 saturated carbocycles. The van der Waals surface area contributed by atoms with Gasteiger partial charge in [-0.3, -0.25) is 4.79 Å². The Morgan fingerprint density at radius 3 is 2.00 bits per heavy atom. The summed E-state index contributed by atoms with van der Waals surface area (Å²) in [5, 5.41) is 20.6. The number of rotatable bonds is 1. The minimum atomic E-state index is -1.04. The molecular formula is C16H28O4. The van der Waals surface area contributed by atoms with Crippen LogP contribution in [-0.4, -0.2) is 34.0 Å². The number of carbonyl (C=O) groups excluding carboxylic acids is 1. The van der Waals surface area contributed by atoms with E-state index < -0.39 is 29.2 Å². The first-order valence-corrected chi connectivity index (χ1v) is 7.41. The van der Waals surface area contributed by atoms with Gasteiger partial charge in [0.1, 0.15) is 5.60 Å². The molecule has 0 radical (unpaired) electrons. The molecule has 2 N–H and O–H groups in total. The van der Waals surface area contributed by atoms with Gasteiger partial charge < -0.3 is 14.9 Å². The van der Waals surface area contributed by atoms with E-state index in [4.69, 9.17) is 4.74 Å². The highest BCUT2D eigenvalue weighted by Crippen LogP contribution is 2.71. The van der Waals surface area contributed by atoms with Crippen LogP contribution in [0.5, 0.6) is 0 Å². The van der Waals surface area contributed by atoms with E-state index in [1.807, 2.05) is 20.8 Å². The Morgan fingerprint density at radius 1 is 1.10 bits per heavy atom. The second-order valence-corrected chi connectivity index (χ2v) is 8.71. The lowest BCUT2D eigenvalue weighted by Gasteiger charge is -2.36. The second kappa shape index (κ2) is 4.20. The van der Waals surface area contributed by atoms with Gasteiger partial charge in [-0.1, -0.05) is 20.8 Å². The van der Waals surface area contributed by atoms with E-state index in [0.29, 0.717) is 0 Å². The monoisotopic (exact) mass is 284 g/mol. The van der Waals surface area contributed by atoms with Crippen LogP contribution in [-0.2, 0) is 9.53 Å². The molecule has 4 heteroatoms. The standard InChI is InChI=1S/C16H28O4/c1-14(2,3)9-8-10(9)16(7,12(18)11(8)17)13(19)20-15(4,5)6/h8-12,17-18H,1-7H3/t8-,9-,10-,11+,12+,16-/m0/s1. The van der Waals surface area contributed by atoms with Gasteiger partial charge in [0.05, 0.1) is 17.6 Å². The maximum absolute atomic E-state index is 12.6. The van der Waals surface area contributed by atoms with Crippen LogP contribution >= 0.6 is 0 Å². The molecule has 4 nitrogen and oxygen atoms in total. The van der Waals surface area contributed by atoms with Crippen molar-refractivity contribution < 1.29 is 19.7 Å². The lowest BCUT2D eigenvalue weighted by atomic mass is 9.74. The summed E-state index contributed by atoms with van der Waals surface area (Å²) in [6.45, 7) is 13.5. The number of carbonyl (C=O) groups is 1. The van der Waals surface area contributed by atoms with Crippen molar-refractivity contribution in [2.24, 2.45) is 28.6 Å². The van der Waals surface area contributed by atoms with Gasteiger partial charge in [0, 0.05) is 0 Å². The summed E-state index contributed by atoms with van der Waals surface area (Å²) in [4.78, 5) is 12.6. The zero-order chi connectivity index (χ0) is 15.7. The normalized spacial score (nSPS) is 44.1. The van der Waals surface area contributed by atoms with Gasteiger partial charge in [0.25, 0.3) is 0 Å². The van der Waals surface area contributed by atoms with Gasteiger partial charge >= 0.3 is 5.97 Å². The molecule has 0 aromatic carbocycles. The van der Waals surface area contributed by atoms with Crippen molar-refractivity contribution in [3.8, 4) is 0 Å². The van der Waals surface area contributed by atoms with Crippen LogP contribution in [0.2, 0.25) is 0 Å². The number of fused-ring (bicyclic) bond motifs is 1. The number of aliphatic hydroxyl groups excluding tert-OH is 2. The minimum absolute atomic E-state index is 0.00218. The summed E-state index contributed by atoms with van der Waals surface area (Å²) in [5.41, 5.74) is -1.58. The predicted octanol–water partition coefficient (Wildman–Crippen LogP) is 1.98. The molecule has 0 aliphatic heterocycles. The Bertz CT molecular complexity index is 417. The summed E-state index contributed by atoms with van der Waals surface area (Å²) in [6, 6.07) is 0. The lowest BCUT2D eigenvalue weighted by Crippen LogP contribution is -2.48. The van der Waals surface area contributed by atoms with Gasteiger partial charge in [-0.2, -0.15) is 0 Å². The third-order valence-electron chi connectivity index (χ3n) is 4.94. The molecule has 0 aromatic rings. The summed E-state index contributed by atoms with van der Waals surface area (Å²) in [7, 11) is 0. The Hall–Kier alpha value is -0.610. The molecule has 20 heavy (non-hydrogen) atoms. The number of ether oxygens (including phenoxy) is 1. The van der Waals surface area contributed by atoms with Gasteiger partial charge in [-0.25, -0.2) is 0 Å². The van der Waals surface area contributed by atoms with E-state index in [2.05, 4.69) is 20.8 Å². The van der Waals surface area contributed by atoms with Crippen molar-refractivity contribution in [3.05, 3.63) is 0 Å². The fraction of sp³-hybridized carbons (Fsp3) is 0.938. The number of aliphatic hydroxyl groups is 2. The van der Waals surface area contributed by atoms with Gasteiger partial charge in [-0.05, 0) is 50.9 Å². The number of hydrogen-bond donors (Lipinski definition) is 2. The summed E-state index contributed by atoms with van der Waals surface area (Å²) in [5.74, 6) is -0.140. The Balaban J connectivity index is 2.28. The van der Waals surface area contributed by atoms with Crippen LogP contribution in [0, 0.1) is 28.6 Å². The molecule has 0 aromatic heterocycles. The predicted molar refractivity (Wildman–Crippen MR) is 75.9 cm³/mol. The molecule has 2 aliphatic carbocycles. The molecule has 2 rings (SSSR count). The quantitative estimate of drug-likeness (QED) is 0.723. The third-order valence-corrected chi connectivity index (χ3v) is 4.94. The van der Waals surface area contributed by atoms with Crippen LogP contribution in [0.4, 0.5) is 0 Å². The minimum Gasteiger partial charge on any atom is -0.459 e. The van der Waals surface area contributed by atoms with E-state index in [9.17, 15) is 15.0 Å². The Kier molecular flexibility index (Phi) is 3.31. The first-order chi connectivity index (χ1) is 8.82. The van der Waals surface area contributed by atoms with Crippen molar-refractivity contribution >= 4 is 5.97 Å². The number of hydrogen-bond acceptors (Lipinski definition) is 4. The highest BCUT2D eigenvalue weighted by atomic mass is 16.6.